The second kappa shape index (κ2) is 2.94. The Labute approximate surface area is 84.7 Å². The van der Waals surface area contributed by atoms with Crippen LogP contribution in [0.15, 0.2) is 23.1 Å². The lowest BCUT2D eigenvalue weighted by Crippen LogP contribution is -2.07. The Morgan fingerprint density at radius 3 is 2.71 bits per heavy atom. The molecule has 0 fully saturated rings. The molecule has 0 aromatic carbocycles. The maximum atomic E-state index is 12.2. The molecule has 0 amide bonds. The van der Waals surface area contributed by atoms with Gasteiger partial charge >= 0.3 is 6.18 Å². The Kier molecular flexibility index (Phi) is 1.99. The Balaban J connectivity index is 2.62. The molecule has 0 unspecified atom stereocenters. The van der Waals surface area contributed by atoms with E-state index in [-0.39, 0.29) is 0 Å². The van der Waals surface area contributed by atoms with E-state index < -0.39 is 11.7 Å². The lowest BCUT2D eigenvalue weighted by molar-refractivity contribution is -0.138. The number of halogens is 4. The summed E-state index contributed by atoms with van der Waals surface area (Å²) in [6.07, 6.45) is -2.71. The normalized spacial score (nSPS) is 12.3. The van der Waals surface area contributed by atoms with Crippen LogP contribution in [0.2, 0.25) is 0 Å². The van der Waals surface area contributed by atoms with Gasteiger partial charge in [0.25, 0.3) is 0 Å². The van der Waals surface area contributed by atoms with Crippen molar-refractivity contribution in [2.24, 2.45) is 0 Å². The fraction of sp³-hybridized carbons (Fsp3) is 0.143. The maximum absolute atomic E-state index is 12.2. The first-order valence-corrected chi connectivity index (χ1v) is 4.34. The van der Waals surface area contributed by atoms with Crippen LogP contribution in [0.3, 0.4) is 0 Å². The van der Waals surface area contributed by atoms with Crippen LogP contribution >= 0.6 is 15.9 Å². The van der Waals surface area contributed by atoms with Crippen LogP contribution in [-0.4, -0.2) is 14.6 Å². The molecule has 0 aliphatic carbocycles. The summed E-state index contributed by atoms with van der Waals surface area (Å²) in [5.41, 5.74) is -0.453. The average Bonchev–Trinajstić information content (AvgIpc) is 2.41. The molecule has 0 bridgehead atoms. The van der Waals surface area contributed by atoms with Crippen LogP contribution in [0, 0.1) is 0 Å². The highest BCUT2D eigenvalue weighted by Crippen LogP contribution is 2.28. The van der Waals surface area contributed by atoms with E-state index in [1.54, 1.807) is 0 Å². The first kappa shape index (κ1) is 9.45. The number of fused-ring (bicyclic) bond motifs is 1. The molecule has 2 aromatic heterocycles. The predicted molar refractivity (Wildman–Crippen MR) is 45.7 cm³/mol. The minimum absolute atomic E-state index is 0.366. The molecular weight excluding hydrogens is 263 g/mol. The topological polar surface area (TPSA) is 30.2 Å². The number of aromatic nitrogens is 3. The van der Waals surface area contributed by atoms with E-state index >= 15 is 0 Å². The van der Waals surface area contributed by atoms with E-state index in [1.807, 2.05) is 0 Å². The summed E-state index contributed by atoms with van der Waals surface area (Å²) in [6.45, 7) is 0. The van der Waals surface area contributed by atoms with Crippen LogP contribution in [0.25, 0.3) is 5.65 Å². The second-order valence-corrected chi connectivity index (χ2v) is 3.42. The van der Waals surface area contributed by atoms with Crippen molar-refractivity contribution in [2.45, 2.75) is 6.18 Å². The van der Waals surface area contributed by atoms with Gasteiger partial charge in [-0.1, -0.05) is 0 Å². The minimum atomic E-state index is -4.39. The van der Waals surface area contributed by atoms with E-state index in [2.05, 4.69) is 26.0 Å². The van der Waals surface area contributed by atoms with Gasteiger partial charge in [-0.2, -0.15) is 18.3 Å². The Hall–Kier alpha value is -1.11. The van der Waals surface area contributed by atoms with E-state index in [4.69, 9.17) is 0 Å². The fourth-order valence-corrected chi connectivity index (χ4v) is 1.37. The van der Waals surface area contributed by atoms with Crippen LogP contribution < -0.4 is 0 Å². The molecule has 0 saturated heterocycles. The second-order valence-electron chi connectivity index (χ2n) is 2.61. The molecule has 3 nitrogen and oxygen atoms in total. The summed E-state index contributed by atoms with van der Waals surface area (Å²) in [6, 6.07) is 1.53. The lowest BCUT2D eigenvalue weighted by atomic mass is 10.3. The van der Waals surface area contributed by atoms with Gasteiger partial charge in [0, 0.05) is 18.5 Å². The quantitative estimate of drug-likeness (QED) is 0.733. The zero-order chi connectivity index (χ0) is 10.3. The fourth-order valence-electron chi connectivity index (χ4n) is 0.994. The summed E-state index contributed by atoms with van der Waals surface area (Å²) in [5, 5.41) is 3.76. The van der Waals surface area contributed by atoms with E-state index in [0.717, 1.165) is 16.9 Å². The van der Waals surface area contributed by atoms with Crippen molar-refractivity contribution in [1.82, 2.24) is 14.6 Å². The van der Waals surface area contributed by atoms with Crippen LogP contribution in [0.5, 0.6) is 0 Å². The van der Waals surface area contributed by atoms with Gasteiger partial charge in [0.2, 0.25) is 0 Å². The molecule has 14 heavy (non-hydrogen) atoms. The van der Waals surface area contributed by atoms with Crippen molar-refractivity contribution in [1.29, 1.82) is 0 Å². The van der Waals surface area contributed by atoms with Crippen molar-refractivity contribution >= 4 is 21.6 Å². The van der Waals surface area contributed by atoms with Gasteiger partial charge in [-0.05, 0) is 15.9 Å². The first-order chi connectivity index (χ1) is 6.47. The molecule has 0 N–H and O–H groups in total. The molecule has 0 aliphatic heterocycles. The number of hydrogen-bond acceptors (Lipinski definition) is 2. The number of alkyl halides is 3. The summed E-state index contributed by atoms with van der Waals surface area (Å²) in [7, 11) is 0. The summed E-state index contributed by atoms with van der Waals surface area (Å²) < 4.78 is 38.2. The Morgan fingerprint density at radius 1 is 1.36 bits per heavy atom. The standard InChI is InChI=1S/C7H3BrF3N3/c8-5-1-6-12-2-4(7(9,10)11)3-14(6)13-5/h1-3H. The Bertz CT molecular complexity index is 476. The van der Waals surface area contributed by atoms with Crippen LogP contribution in [0.1, 0.15) is 5.56 Å². The molecule has 74 valence electrons. The van der Waals surface area contributed by atoms with Gasteiger partial charge in [-0.15, -0.1) is 0 Å². The molecule has 2 heterocycles. The van der Waals surface area contributed by atoms with Crippen molar-refractivity contribution in [3.63, 3.8) is 0 Å². The van der Waals surface area contributed by atoms with E-state index in [1.165, 1.54) is 6.07 Å². The van der Waals surface area contributed by atoms with Gasteiger partial charge in [0.1, 0.15) is 4.60 Å². The smallest absolute Gasteiger partial charge is 0.236 e. The molecule has 0 radical (unpaired) electrons. The van der Waals surface area contributed by atoms with Gasteiger partial charge in [-0.25, -0.2) is 9.50 Å². The number of hydrogen-bond donors (Lipinski definition) is 0. The predicted octanol–water partition coefficient (Wildman–Crippen LogP) is 2.51. The number of nitrogens with zero attached hydrogens (tertiary/aromatic N) is 3. The third-order valence-electron chi connectivity index (χ3n) is 1.61. The van der Waals surface area contributed by atoms with Crippen molar-refractivity contribution < 1.29 is 13.2 Å². The molecular formula is C7H3BrF3N3. The molecule has 2 rings (SSSR count). The summed E-state index contributed by atoms with van der Waals surface area (Å²) in [4.78, 5) is 3.62. The molecule has 0 saturated carbocycles. The summed E-state index contributed by atoms with van der Waals surface area (Å²) in [5.74, 6) is 0. The SMILES string of the molecule is FC(F)(F)c1cnc2cc(Br)nn2c1. The van der Waals surface area contributed by atoms with Gasteiger partial charge in [0.05, 0.1) is 5.56 Å². The highest BCUT2D eigenvalue weighted by atomic mass is 79.9. The molecule has 2 aromatic rings. The van der Waals surface area contributed by atoms with E-state index in [9.17, 15) is 13.2 Å². The van der Waals surface area contributed by atoms with Crippen LogP contribution in [0.4, 0.5) is 13.2 Å². The molecule has 0 aliphatic rings. The minimum Gasteiger partial charge on any atom is -0.236 e. The lowest BCUT2D eigenvalue weighted by Gasteiger charge is -2.04. The number of rotatable bonds is 0. The van der Waals surface area contributed by atoms with E-state index in [0.29, 0.717) is 10.3 Å². The molecule has 7 heteroatoms. The van der Waals surface area contributed by atoms with Crippen molar-refractivity contribution in [3.05, 3.63) is 28.6 Å². The highest BCUT2D eigenvalue weighted by Gasteiger charge is 2.31. The van der Waals surface area contributed by atoms with Crippen molar-refractivity contribution in [3.8, 4) is 0 Å². The van der Waals surface area contributed by atoms with Gasteiger partial charge < -0.3 is 0 Å². The third kappa shape index (κ3) is 1.59. The van der Waals surface area contributed by atoms with Gasteiger partial charge in [0.15, 0.2) is 5.65 Å². The first-order valence-electron chi connectivity index (χ1n) is 3.55. The van der Waals surface area contributed by atoms with Gasteiger partial charge in [-0.3, -0.25) is 0 Å². The Morgan fingerprint density at radius 2 is 2.07 bits per heavy atom. The monoisotopic (exact) mass is 265 g/mol. The van der Waals surface area contributed by atoms with Crippen molar-refractivity contribution in [2.75, 3.05) is 0 Å². The maximum Gasteiger partial charge on any atom is 0.419 e. The molecule has 0 atom stereocenters. The third-order valence-corrected chi connectivity index (χ3v) is 2.00. The highest BCUT2D eigenvalue weighted by molar-refractivity contribution is 9.10. The zero-order valence-electron chi connectivity index (χ0n) is 6.59. The largest absolute Gasteiger partial charge is 0.419 e. The average molecular weight is 266 g/mol. The summed E-state index contributed by atoms with van der Waals surface area (Å²) >= 11 is 3.05. The zero-order valence-corrected chi connectivity index (χ0v) is 8.17. The molecule has 0 spiro atoms. The van der Waals surface area contributed by atoms with Crippen LogP contribution in [-0.2, 0) is 6.18 Å².